The summed E-state index contributed by atoms with van der Waals surface area (Å²) in [5.74, 6) is 0.732. The summed E-state index contributed by atoms with van der Waals surface area (Å²) in [6, 6.07) is 15.4. The molecule has 28 heavy (non-hydrogen) atoms. The van der Waals surface area contributed by atoms with Crippen LogP contribution in [0.15, 0.2) is 48.5 Å². The standard InChI is InChI=1S/C23H30N2O3/c1-23(2,3)18-9-13-20(14-10-18)28-15-5-6-21(26)25-19-11-7-17(8-12-19)16-22(27)24-4/h7-14H,5-6,15-16H2,1-4H3,(H,24,27)(H,25,26). The molecule has 0 spiro atoms. The van der Waals surface area contributed by atoms with Crippen LogP contribution in [-0.2, 0) is 21.4 Å². The van der Waals surface area contributed by atoms with E-state index in [1.54, 1.807) is 7.05 Å². The molecule has 0 unspecified atom stereocenters. The van der Waals surface area contributed by atoms with Crippen molar-refractivity contribution in [2.45, 2.75) is 45.4 Å². The first-order valence-electron chi connectivity index (χ1n) is 9.60. The van der Waals surface area contributed by atoms with Crippen LogP contribution in [0.3, 0.4) is 0 Å². The fourth-order valence-corrected chi connectivity index (χ4v) is 2.68. The molecule has 2 amide bonds. The van der Waals surface area contributed by atoms with Crippen LogP contribution in [0.4, 0.5) is 5.69 Å². The molecule has 0 radical (unpaired) electrons. The Morgan fingerprint density at radius 3 is 2.14 bits per heavy atom. The first-order valence-corrected chi connectivity index (χ1v) is 9.60. The van der Waals surface area contributed by atoms with Crippen LogP contribution in [0, 0.1) is 0 Å². The van der Waals surface area contributed by atoms with E-state index >= 15 is 0 Å². The number of likely N-dealkylation sites (N-methyl/N-ethyl adjacent to an activating group) is 1. The molecule has 0 aliphatic heterocycles. The fraction of sp³-hybridized carbons (Fsp3) is 0.391. The maximum atomic E-state index is 12.1. The van der Waals surface area contributed by atoms with Crippen molar-refractivity contribution in [1.29, 1.82) is 0 Å². The summed E-state index contributed by atoms with van der Waals surface area (Å²) >= 11 is 0. The summed E-state index contributed by atoms with van der Waals surface area (Å²) in [6.45, 7) is 7.03. The molecule has 0 aromatic heterocycles. The van der Waals surface area contributed by atoms with E-state index < -0.39 is 0 Å². The Labute approximate surface area is 167 Å². The monoisotopic (exact) mass is 382 g/mol. The van der Waals surface area contributed by atoms with Crippen molar-refractivity contribution in [3.8, 4) is 5.75 Å². The third kappa shape index (κ3) is 7.06. The fourth-order valence-electron chi connectivity index (χ4n) is 2.68. The minimum atomic E-state index is -0.0502. The Hall–Kier alpha value is -2.82. The van der Waals surface area contributed by atoms with Gasteiger partial charge in [0, 0.05) is 19.2 Å². The van der Waals surface area contributed by atoms with Gasteiger partial charge in [-0.3, -0.25) is 9.59 Å². The van der Waals surface area contributed by atoms with Crippen molar-refractivity contribution in [2.24, 2.45) is 0 Å². The third-order valence-corrected chi connectivity index (χ3v) is 4.42. The molecule has 0 saturated heterocycles. The van der Waals surface area contributed by atoms with Crippen LogP contribution in [0.25, 0.3) is 0 Å². The smallest absolute Gasteiger partial charge is 0.224 e. The Morgan fingerprint density at radius 2 is 1.57 bits per heavy atom. The van der Waals surface area contributed by atoms with Crippen molar-refractivity contribution >= 4 is 17.5 Å². The van der Waals surface area contributed by atoms with Crippen LogP contribution in [0.2, 0.25) is 0 Å². The van der Waals surface area contributed by atoms with Gasteiger partial charge in [0.2, 0.25) is 11.8 Å². The van der Waals surface area contributed by atoms with Crippen LogP contribution in [0.5, 0.6) is 5.75 Å². The van der Waals surface area contributed by atoms with Gasteiger partial charge >= 0.3 is 0 Å². The second kappa shape index (κ2) is 9.93. The van der Waals surface area contributed by atoms with E-state index in [0.717, 1.165) is 17.0 Å². The molecule has 5 nitrogen and oxygen atoms in total. The highest BCUT2D eigenvalue weighted by Gasteiger charge is 2.13. The van der Waals surface area contributed by atoms with Gasteiger partial charge in [-0.05, 0) is 47.2 Å². The molecular formula is C23H30N2O3. The number of carbonyl (C=O) groups excluding carboxylic acids is 2. The molecule has 5 heteroatoms. The summed E-state index contributed by atoms with van der Waals surface area (Å²) in [6.07, 6.45) is 1.36. The topological polar surface area (TPSA) is 67.4 Å². The molecule has 150 valence electrons. The summed E-state index contributed by atoms with van der Waals surface area (Å²) < 4.78 is 5.72. The molecule has 2 rings (SSSR count). The van der Waals surface area contributed by atoms with Gasteiger partial charge in [0.15, 0.2) is 0 Å². The highest BCUT2D eigenvalue weighted by Crippen LogP contribution is 2.24. The van der Waals surface area contributed by atoms with Gasteiger partial charge in [-0.25, -0.2) is 0 Å². The lowest BCUT2D eigenvalue weighted by Gasteiger charge is -2.19. The Balaban J connectivity index is 1.70. The van der Waals surface area contributed by atoms with Gasteiger partial charge < -0.3 is 15.4 Å². The molecule has 0 aliphatic rings. The van der Waals surface area contributed by atoms with Crippen molar-refractivity contribution in [3.05, 3.63) is 59.7 Å². The lowest BCUT2D eigenvalue weighted by molar-refractivity contribution is -0.120. The van der Waals surface area contributed by atoms with Crippen molar-refractivity contribution < 1.29 is 14.3 Å². The van der Waals surface area contributed by atoms with Gasteiger partial charge in [0.1, 0.15) is 5.75 Å². The maximum absolute atomic E-state index is 12.1. The van der Waals surface area contributed by atoms with E-state index in [2.05, 4.69) is 43.5 Å². The van der Waals surface area contributed by atoms with Crippen LogP contribution in [0.1, 0.15) is 44.7 Å². The number of carbonyl (C=O) groups is 2. The molecule has 2 N–H and O–H groups in total. The first-order chi connectivity index (χ1) is 13.3. The Morgan fingerprint density at radius 1 is 0.929 bits per heavy atom. The van der Waals surface area contributed by atoms with Gasteiger partial charge in [0.05, 0.1) is 13.0 Å². The van der Waals surface area contributed by atoms with Crippen LogP contribution >= 0.6 is 0 Å². The zero-order valence-electron chi connectivity index (χ0n) is 17.2. The zero-order chi connectivity index (χ0) is 20.6. The SMILES string of the molecule is CNC(=O)Cc1ccc(NC(=O)CCCOc2ccc(C(C)(C)C)cc2)cc1. The first kappa shape index (κ1) is 21.5. The molecule has 0 fully saturated rings. The minimum absolute atomic E-state index is 0.0372. The normalized spacial score (nSPS) is 11.0. The Kier molecular flexibility index (Phi) is 7.61. The van der Waals surface area contributed by atoms with Crippen LogP contribution < -0.4 is 15.4 Å². The maximum Gasteiger partial charge on any atom is 0.224 e. The van der Waals surface area contributed by atoms with E-state index in [1.165, 1.54) is 5.56 Å². The number of ether oxygens (including phenoxy) is 1. The van der Waals surface area contributed by atoms with Crippen molar-refractivity contribution in [2.75, 3.05) is 19.0 Å². The second-order valence-corrected chi connectivity index (χ2v) is 7.82. The van der Waals surface area contributed by atoms with E-state index in [0.29, 0.717) is 25.9 Å². The highest BCUT2D eigenvalue weighted by molar-refractivity contribution is 5.90. The largest absolute Gasteiger partial charge is 0.494 e. The number of rotatable bonds is 8. The number of anilines is 1. The minimum Gasteiger partial charge on any atom is -0.494 e. The lowest BCUT2D eigenvalue weighted by Crippen LogP contribution is -2.19. The second-order valence-electron chi connectivity index (χ2n) is 7.82. The quantitative estimate of drug-likeness (QED) is 0.676. The van der Waals surface area contributed by atoms with Crippen LogP contribution in [-0.4, -0.2) is 25.5 Å². The molecular weight excluding hydrogens is 352 g/mol. The van der Waals surface area contributed by atoms with Gasteiger partial charge in [-0.15, -0.1) is 0 Å². The number of hydrogen-bond acceptors (Lipinski definition) is 3. The summed E-state index contributed by atoms with van der Waals surface area (Å²) in [5.41, 5.74) is 3.02. The molecule has 0 atom stereocenters. The predicted octanol–water partition coefficient (Wildman–Crippen LogP) is 4.07. The molecule has 0 aliphatic carbocycles. The summed E-state index contributed by atoms with van der Waals surface area (Å²) in [4.78, 5) is 23.4. The van der Waals surface area contributed by atoms with E-state index in [-0.39, 0.29) is 17.2 Å². The van der Waals surface area contributed by atoms with Crippen molar-refractivity contribution in [3.63, 3.8) is 0 Å². The molecule has 2 aromatic carbocycles. The molecule has 2 aromatic rings. The van der Waals surface area contributed by atoms with E-state index in [9.17, 15) is 9.59 Å². The number of amides is 2. The Bertz CT molecular complexity index is 775. The van der Waals surface area contributed by atoms with E-state index in [4.69, 9.17) is 4.74 Å². The summed E-state index contributed by atoms with van der Waals surface area (Å²) in [7, 11) is 1.61. The average molecular weight is 383 g/mol. The summed E-state index contributed by atoms with van der Waals surface area (Å²) in [5, 5.41) is 5.45. The molecule has 0 bridgehead atoms. The van der Waals surface area contributed by atoms with Gasteiger partial charge in [-0.1, -0.05) is 45.0 Å². The zero-order valence-corrected chi connectivity index (χ0v) is 17.2. The van der Waals surface area contributed by atoms with Gasteiger partial charge in [0.25, 0.3) is 0 Å². The molecule has 0 heterocycles. The number of hydrogen-bond donors (Lipinski definition) is 2. The number of nitrogens with one attached hydrogen (secondary N) is 2. The average Bonchev–Trinajstić information content (AvgIpc) is 2.66. The highest BCUT2D eigenvalue weighted by atomic mass is 16.5. The number of benzene rings is 2. The van der Waals surface area contributed by atoms with Gasteiger partial charge in [-0.2, -0.15) is 0 Å². The van der Waals surface area contributed by atoms with E-state index in [1.807, 2.05) is 36.4 Å². The molecule has 0 saturated carbocycles. The van der Waals surface area contributed by atoms with Crippen molar-refractivity contribution in [1.82, 2.24) is 5.32 Å². The predicted molar refractivity (Wildman–Crippen MR) is 113 cm³/mol. The lowest BCUT2D eigenvalue weighted by atomic mass is 9.87. The third-order valence-electron chi connectivity index (χ3n) is 4.42.